The van der Waals surface area contributed by atoms with Crippen LogP contribution >= 0.6 is 0 Å². The molecule has 7 nitrogen and oxygen atoms in total. The molecule has 0 amide bonds. The zero-order valence-corrected chi connectivity index (χ0v) is 27.8. The van der Waals surface area contributed by atoms with Gasteiger partial charge in [0.05, 0.1) is 10.3 Å². The number of carboxylic acids is 1. The molecule has 8 heteroatoms. The molecular weight excluding hydrogens is 584 g/mol. The molecule has 0 fully saturated rings. The smallest absolute Gasteiger partial charge is 0.303 e. The molecule has 2 aromatic carbocycles. The summed E-state index contributed by atoms with van der Waals surface area (Å²) in [5, 5.41) is 9.09. The first kappa shape index (κ1) is 34.0. The summed E-state index contributed by atoms with van der Waals surface area (Å²) in [6.45, 7) is 12.1. The van der Waals surface area contributed by atoms with Crippen molar-refractivity contribution in [2.75, 3.05) is 18.0 Å². The summed E-state index contributed by atoms with van der Waals surface area (Å²) in [6.07, 6.45) is 19.7. The molecule has 2 aliphatic heterocycles. The van der Waals surface area contributed by atoms with E-state index in [1.54, 1.807) is 6.07 Å². The molecule has 0 aliphatic carbocycles. The lowest BCUT2D eigenvalue weighted by molar-refractivity contribution is -0.438. The van der Waals surface area contributed by atoms with Crippen molar-refractivity contribution in [2.45, 2.75) is 88.9 Å². The first-order valence-electron chi connectivity index (χ1n) is 15.5. The van der Waals surface area contributed by atoms with Crippen LogP contribution in [0.3, 0.4) is 0 Å². The number of terminal acetylenes is 1. The highest BCUT2D eigenvalue weighted by atomic mass is 32.2. The lowest BCUT2D eigenvalue weighted by Crippen LogP contribution is -2.28. The van der Waals surface area contributed by atoms with Crippen LogP contribution in [0.25, 0.3) is 0 Å². The monoisotopic (exact) mass is 628 g/mol. The molecule has 4 rings (SSSR count). The highest BCUT2D eigenvalue weighted by molar-refractivity contribution is 7.85. The molecule has 0 unspecified atom stereocenters. The van der Waals surface area contributed by atoms with Crippen molar-refractivity contribution >= 4 is 33.2 Å². The Morgan fingerprint density at radius 3 is 2.44 bits per heavy atom. The lowest BCUT2D eigenvalue weighted by atomic mass is 9.81. The fourth-order valence-corrected chi connectivity index (χ4v) is 6.98. The predicted octanol–water partition coefficient (Wildman–Crippen LogP) is 7.13. The van der Waals surface area contributed by atoms with Crippen LogP contribution in [-0.2, 0) is 25.7 Å². The second-order valence-electron chi connectivity index (χ2n) is 12.9. The van der Waals surface area contributed by atoms with Crippen molar-refractivity contribution in [3.8, 4) is 12.3 Å². The lowest BCUT2D eigenvalue weighted by Gasteiger charge is -2.27. The van der Waals surface area contributed by atoms with E-state index in [0.717, 1.165) is 60.7 Å². The number of carboxylic acid groups (broad SMARTS) is 1. The number of unbranched alkanes of at least 4 members (excludes halogenated alkanes) is 3. The van der Waals surface area contributed by atoms with E-state index in [0.29, 0.717) is 12.8 Å². The van der Waals surface area contributed by atoms with Crippen molar-refractivity contribution in [2.24, 2.45) is 0 Å². The Labute approximate surface area is 268 Å². The van der Waals surface area contributed by atoms with Crippen molar-refractivity contribution < 1.29 is 27.4 Å². The minimum Gasteiger partial charge on any atom is -0.744 e. The SMILES string of the molecule is C#CCCCC[N+]1=C(C=CC=CC=C2N(CCCCC(=O)O)c3ccc(C)cc3C2(C)C)C(C)(C)c2cc(S(=O)(=O)[O-])ccc21. The maximum atomic E-state index is 11.8. The molecule has 2 aromatic rings. The number of aliphatic carboxylic acids is 1. The van der Waals surface area contributed by atoms with Crippen molar-refractivity contribution in [3.05, 3.63) is 89.2 Å². The van der Waals surface area contributed by atoms with Crippen LogP contribution in [0.2, 0.25) is 0 Å². The number of carbonyl (C=O) groups is 1. The number of hydrogen-bond donors (Lipinski definition) is 1. The van der Waals surface area contributed by atoms with Crippen LogP contribution in [0.15, 0.2) is 77.4 Å². The quantitative estimate of drug-likeness (QED) is 0.0833. The van der Waals surface area contributed by atoms with E-state index in [9.17, 15) is 17.8 Å². The van der Waals surface area contributed by atoms with Gasteiger partial charge in [-0.15, -0.1) is 12.3 Å². The Kier molecular flexibility index (Phi) is 10.3. The van der Waals surface area contributed by atoms with Crippen LogP contribution in [0.1, 0.15) is 82.9 Å². The van der Waals surface area contributed by atoms with E-state index in [2.05, 4.69) is 66.5 Å². The van der Waals surface area contributed by atoms with E-state index in [1.807, 2.05) is 32.1 Å². The second kappa shape index (κ2) is 13.6. The van der Waals surface area contributed by atoms with E-state index in [4.69, 9.17) is 11.5 Å². The molecule has 0 aromatic heterocycles. The van der Waals surface area contributed by atoms with Gasteiger partial charge < -0.3 is 14.6 Å². The van der Waals surface area contributed by atoms with Gasteiger partial charge in [-0.05, 0) is 69.9 Å². The van der Waals surface area contributed by atoms with Crippen LogP contribution in [0.5, 0.6) is 0 Å². The second-order valence-corrected chi connectivity index (χ2v) is 14.3. The summed E-state index contributed by atoms with van der Waals surface area (Å²) in [7, 11) is -4.58. The fourth-order valence-electron chi connectivity index (χ4n) is 6.48. The summed E-state index contributed by atoms with van der Waals surface area (Å²) in [5.41, 5.74) is 6.76. The molecular formula is C37H44N2O5S. The van der Waals surface area contributed by atoms with Crippen molar-refractivity contribution in [3.63, 3.8) is 0 Å². The number of benzene rings is 2. The van der Waals surface area contributed by atoms with E-state index >= 15 is 0 Å². The number of aryl methyl sites for hydroxylation is 1. The van der Waals surface area contributed by atoms with Gasteiger partial charge in [0.2, 0.25) is 5.69 Å². The molecule has 1 N–H and O–H groups in total. The van der Waals surface area contributed by atoms with Crippen LogP contribution < -0.4 is 4.90 Å². The topological polar surface area (TPSA) is 101 Å². The van der Waals surface area contributed by atoms with Gasteiger partial charge in [0.1, 0.15) is 16.7 Å². The fraction of sp³-hybridized carbons (Fsp3) is 0.405. The predicted molar refractivity (Wildman–Crippen MR) is 179 cm³/mol. The number of fused-ring (bicyclic) bond motifs is 2. The Morgan fingerprint density at radius 2 is 1.76 bits per heavy atom. The maximum absolute atomic E-state index is 11.8. The maximum Gasteiger partial charge on any atom is 0.303 e. The van der Waals surface area contributed by atoms with E-state index in [1.165, 1.54) is 23.3 Å². The summed E-state index contributed by atoms with van der Waals surface area (Å²) in [4.78, 5) is 13.2. The van der Waals surface area contributed by atoms with E-state index < -0.39 is 21.5 Å². The standard InChI is InChI=1S/C37H44N2O5S/c1-7-8-9-14-23-38-32-22-20-28(45(42,43)44)26-30(32)37(5,6)34(38)17-12-10-11-16-33-36(3,4)29-25-27(2)19-21-31(29)39(33)24-15-13-18-35(40)41/h1,10-12,16-17,19-22,25-26H,8-9,13-15,18,23-24H2,2-6H3,(H-,40,41,42,43,44). The van der Waals surface area contributed by atoms with Gasteiger partial charge >= 0.3 is 5.97 Å². The van der Waals surface area contributed by atoms with Crippen molar-refractivity contribution in [1.29, 1.82) is 0 Å². The summed E-state index contributed by atoms with van der Waals surface area (Å²) in [6, 6.07) is 11.2. The van der Waals surface area contributed by atoms with Crippen LogP contribution in [0.4, 0.5) is 11.4 Å². The van der Waals surface area contributed by atoms with Crippen LogP contribution in [0, 0.1) is 19.3 Å². The molecule has 2 heterocycles. The van der Waals surface area contributed by atoms with Gasteiger partial charge in [-0.1, -0.05) is 49.8 Å². The molecule has 0 saturated carbocycles. The molecule has 0 saturated heterocycles. The average Bonchev–Trinajstić information content (AvgIpc) is 3.30. The normalized spacial score (nSPS) is 17.8. The third kappa shape index (κ3) is 7.32. The summed E-state index contributed by atoms with van der Waals surface area (Å²) < 4.78 is 37.6. The Hall–Kier alpha value is -3.93. The van der Waals surface area contributed by atoms with Gasteiger partial charge in [-0.2, -0.15) is 4.58 Å². The van der Waals surface area contributed by atoms with Crippen LogP contribution in [-0.4, -0.2) is 47.4 Å². The van der Waals surface area contributed by atoms with Gasteiger partial charge in [0, 0.05) is 60.3 Å². The molecule has 0 spiro atoms. The summed E-state index contributed by atoms with van der Waals surface area (Å²) >= 11 is 0. The minimum atomic E-state index is -4.58. The number of nitrogens with zero attached hydrogens (tertiary/aromatic N) is 2. The molecule has 2 aliphatic rings. The minimum absolute atomic E-state index is 0.162. The van der Waals surface area contributed by atoms with Gasteiger partial charge in [0.25, 0.3) is 0 Å². The molecule has 0 radical (unpaired) electrons. The molecule has 0 atom stereocenters. The highest BCUT2D eigenvalue weighted by Gasteiger charge is 2.44. The number of anilines is 1. The number of hydrogen-bond acceptors (Lipinski definition) is 5. The number of allylic oxidation sites excluding steroid dienone is 6. The zero-order chi connectivity index (χ0) is 33.0. The third-order valence-corrected chi connectivity index (χ3v) is 9.74. The van der Waals surface area contributed by atoms with Gasteiger partial charge in [0.15, 0.2) is 5.71 Å². The Bertz CT molecular complexity index is 1740. The van der Waals surface area contributed by atoms with Gasteiger partial charge in [-0.3, -0.25) is 4.79 Å². The molecule has 0 bridgehead atoms. The van der Waals surface area contributed by atoms with Crippen molar-refractivity contribution in [1.82, 2.24) is 0 Å². The Morgan fingerprint density at radius 1 is 1.00 bits per heavy atom. The Balaban J connectivity index is 1.64. The zero-order valence-electron chi connectivity index (χ0n) is 27.0. The average molecular weight is 629 g/mol. The van der Waals surface area contributed by atoms with E-state index in [-0.39, 0.29) is 16.7 Å². The number of rotatable bonds is 13. The molecule has 238 valence electrons. The highest BCUT2D eigenvalue weighted by Crippen LogP contribution is 2.48. The largest absolute Gasteiger partial charge is 0.744 e. The molecule has 45 heavy (non-hydrogen) atoms. The van der Waals surface area contributed by atoms with Gasteiger partial charge in [-0.25, -0.2) is 8.42 Å². The third-order valence-electron chi connectivity index (χ3n) is 8.90. The summed E-state index contributed by atoms with van der Waals surface area (Å²) in [5.74, 6) is 1.92. The first-order valence-corrected chi connectivity index (χ1v) is 16.9. The first-order chi connectivity index (χ1) is 21.2.